The van der Waals surface area contributed by atoms with E-state index in [1.54, 1.807) is 23.9 Å². The molecule has 1 aliphatic rings. The number of pyridine rings is 1. The zero-order valence-electron chi connectivity index (χ0n) is 13.4. The first-order valence-electron chi connectivity index (χ1n) is 8.07. The third-order valence-corrected chi connectivity index (χ3v) is 5.37. The molecule has 1 aliphatic heterocycles. The summed E-state index contributed by atoms with van der Waals surface area (Å²) in [5.74, 6) is 1.00. The van der Waals surface area contributed by atoms with Gasteiger partial charge in [-0.05, 0) is 30.2 Å². The number of hydrogen-bond donors (Lipinski definition) is 1. The van der Waals surface area contributed by atoms with E-state index in [-0.39, 0.29) is 0 Å². The largest absolute Gasteiger partial charge is 0.348 e. The highest BCUT2D eigenvalue weighted by Gasteiger charge is 2.22. The fraction of sp³-hybridized carbons (Fsp3) is 0.278. The van der Waals surface area contributed by atoms with Crippen LogP contribution < -0.4 is 10.2 Å². The third-order valence-electron chi connectivity index (χ3n) is 4.23. The standard InChI is InChI=1S/C18H19N5S/c1-2-8-23(11-13-4-3-6-19-9-13)17-16-14-5-7-20-10-15(14)24-18(16)22-12-21-17/h2-4,6,9,12,20H,1,5,7-8,10-11H2. The molecule has 6 heteroatoms. The van der Waals surface area contributed by atoms with E-state index in [0.29, 0.717) is 0 Å². The summed E-state index contributed by atoms with van der Waals surface area (Å²) >= 11 is 1.78. The molecule has 0 aliphatic carbocycles. The van der Waals surface area contributed by atoms with Crippen LogP contribution in [0.3, 0.4) is 0 Å². The van der Waals surface area contributed by atoms with Gasteiger partial charge in [0, 0.05) is 36.9 Å². The molecule has 0 spiro atoms. The molecule has 3 aromatic rings. The van der Waals surface area contributed by atoms with Crippen LogP contribution in [0.25, 0.3) is 10.2 Å². The quantitative estimate of drug-likeness (QED) is 0.726. The van der Waals surface area contributed by atoms with Crippen LogP contribution in [-0.4, -0.2) is 28.0 Å². The average molecular weight is 337 g/mol. The van der Waals surface area contributed by atoms with Crippen LogP contribution in [0.1, 0.15) is 16.0 Å². The normalized spacial score (nSPS) is 13.7. The molecule has 0 aromatic carbocycles. The predicted octanol–water partition coefficient (Wildman–Crippen LogP) is 2.92. The summed E-state index contributed by atoms with van der Waals surface area (Å²) in [4.78, 5) is 18.1. The van der Waals surface area contributed by atoms with Gasteiger partial charge in [0.1, 0.15) is 17.0 Å². The molecule has 0 radical (unpaired) electrons. The van der Waals surface area contributed by atoms with Gasteiger partial charge in [0.25, 0.3) is 0 Å². The van der Waals surface area contributed by atoms with E-state index in [9.17, 15) is 0 Å². The Kier molecular flexibility index (Phi) is 4.23. The maximum absolute atomic E-state index is 4.64. The first-order chi connectivity index (χ1) is 11.9. The first-order valence-corrected chi connectivity index (χ1v) is 8.89. The summed E-state index contributed by atoms with van der Waals surface area (Å²) in [6, 6.07) is 4.06. The molecule has 1 N–H and O–H groups in total. The second-order valence-electron chi connectivity index (χ2n) is 5.84. The smallest absolute Gasteiger partial charge is 0.141 e. The average Bonchev–Trinajstić information content (AvgIpc) is 3.01. The van der Waals surface area contributed by atoms with E-state index in [1.807, 2.05) is 18.3 Å². The Morgan fingerprint density at radius 2 is 2.33 bits per heavy atom. The van der Waals surface area contributed by atoms with Gasteiger partial charge in [0.15, 0.2) is 0 Å². The zero-order chi connectivity index (χ0) is 16.4. The van der Waals surface area contributed by atoms with E-state index in [0.717, 1.165) is 48.8 Å². The lowest BCUT2D eigenvalue weighted by molar-refractivity contribution is 0.657. The molecule has 4 heterocycles. The van der Waals surface area contributed by atoms with E-state index in [2.05, 4.69) is 37.8 Å². The summed E-state index contributed by atoms with van der Waals surface area (Å²) in [5.41, 5.74) is 2.57. The number of rotatable bonds is 5. The van der Waals surface area contributed by atoms with Crippen molar-refractivity contribution >= 4 is 27.4 Å². The Hall–Kier alpha value is -2.31. The van der Waals surface area contributed by atoms with Crippen LogP contribution in [0.5, 0.6) is 0 Å². The maximum Gasteiger partial charge on any atom is 0.141 e. The third kappa shape index (κ3) is 2.79. The molecule has 4 rings (SSSR count). The van der Waals surface area contributed by atoms with Gasteiger partial charge in [0.05, 0.1) is 5.39 Å². The fourth-order valence-electron chi connectivity index (χ4n) is 3.18. The molecule has 0 amide bonds. The Labute approximate surface area is 145 Å². The summed E-state index contributed by atoms with van der Waals surface area (Å²) < 4.78 is 0. The van der Waals surface area contributed by atoms with Gasteiger partial charge in [-0.1, -0.05) is 12.1 Å². The highest BCUT2D eigenvalue weighted by atomic mass is 32.1. The van der Waals surface area contributed by atoms with Crippen molar-refractivity contribution in [1.29, 1.82) is 0 Å². The summed E-state index contributed by atoms with van der Waals surface area (Å²) in [6.45, 7) is 7.36. The highest BCUT2D eigenvalue weighted by Crippen LogP contribution is 2.37. The molecule has 122 valence electrons. The second-order valence-corrected chi connectivity index (χ2v) is 6.92. The summed E-state index contributed by atoms with van der Waals surface area (Å²) in [7, 11) is 0. The molecular formula is C18H19N5S. The number of fused-ring (bicyclic) bond motifs is 3. The molecule has 0 bridgehead atoms. The van der Waals surface area contributed by atoms with E-state index >= 15 is 0 Å². The number of aromatic nitrogens is 3. The van der Waals surface area contributed by atoms with Crippen LogP contribution in [0.15, 0.2) is 43.5 Å². The molecule has 0 fully saturated rings. The second kappa shape index (κ2) is 6.67. The minimum atomic E-state index is 0.740. The summed E-state index contributed by atoms with van der Waals surface area (Å²) in [6.07, 6.45) is 8.33. The van der Waals surface area contributed by atoms with E-state index in [4.69, 9.17) is 0 Å². The van der Waals surface area contributed by atoms with Crippen molar-refractivity contribution in [3.63, 3.8) is 0 Å². The van der Waals surface area contributed by atoms with Gasteiger partial charge in [-0.2, -0.15) is 0 Å². The molecule has 0 saturated heterocycles. The van der Waals surface area contributed by atoms with Crippen molar-refractivity contribution in [2.75, 3.05) is 18.0 Å². The molecule has 5 nitrogen and oxygen atoms in total. The van der Waals surface area contributed by atoms with E-state index < -0.39 is 0 Å². The van der Waals surface area contributed by atoms with Gasteiger partial charge in [-0.3, -0.25) is 4.98 Å². The van der Waals surface area contributed by atoms with Gasteiger partial charge in [-0.25, -0.2) is 9.97 Å². The number of anilines is 1. The van der Waals surface area contributed by atoms with Gasteiger partial charge in [0.2, 0.25) is 0 Å². The number of nitrogens with zero attached hydrogens (tertiary/aromatic N) is 4. The first kappa shape index (κ1) is 15.2. The Morgan fingerprint density at radius 3 is 3.17 bits per heavy atom. The fourth-order valence-corrected chi connectivity index (χ4v) is 4.33. The van der Waals surface area contributed by atoms with Crippen LogP contribution in [0, 0.1) is 0 Å². The van der Waals surface area contributed by atoms with Crippen LogP contribution in [-0.2, 0) is 19.5 Å². The molecule has 0 saturated carbocycles. The Morgan fingerprint density at radius 1 is 1.38 bits per heavy atom. The Balaban J connectivity index is 1.80. The lowest BCUT2D eigenvalue weighted by atomic mass is 10.1. The monoisotopic (exact) mass is 337 g/mol. The zero-order valence-corrected chi connectivity index (χ0v) is 14.2. The van der Waals surface area contributed by atoms with Crippen molar-refractivity contribution in [2.24, 2.45) is 0 Å². The van der Waals surface area contributed by atoms with Gasteiger partial charge in [-0.15, -0.1) is 17.9 Å². The topological polar surface area (TPSA) is 53.9 Å². The van der Waals surface area contributed by atoms with Gasteiger partial charge < -0.3 is 10.2 Å². The highest BCUT2D eigenvalue weighted by molar-refractivity contribution is 7.19. The van der Waals surface area contributed by atoms with Crippen LogP contribution >= 0.6 is 11.3 Å². The maximum atomic E-state index is 4.64. The minimum Gasteiger partial charge on any atom is -0.348 e. The van der Waals surface area contributed by atoms with Crippen molar-refractivity contribution in [1.82, 2.24) is 20.3 Å². The van der Waals surface area contributed by atoms with Crippen LogP contribution in [0.2, 0.25) is 0 Å². The van der Waals surface area contributed by atoms with Crippen molar-refractivity contribution in [2.45, 2.75) is 19.5 Å². The molecule has 0 unspecified atom stereocenters. The van der Waals surface area contributed by atoms with Crippen molar-refractivity contribution in [3.8, 4) is 0 Å². The summed E-state index contributed by atoms with van der Waals surface area (Å²) in [5, 5.41) is 4.65. The minimum absolute atomic E-state index is 0.740. The van der Waals surface area contributed by atoms with Crippen LogP contribution in [0.4, 0.5) is 5.82 Å². The van der Waals surface area contributed by atoms with Crippen molar-refractivity contribution in [3.05, 3.63) is 59.5 Å². The SMILES string of the molecule is C=CCN(Cc1cccnc1)c1ncnc2sc3c(c12)CCNC3. The molecular weight excluding hydrogens is 318 g/mol. The van der Waals surface area contributed by atoms with Crippen molar-refractivity contribution < 1.29 is 0 Å². The molecule has 3 aromatic heterocycles. The lowest BCUT2D eigenvalue weighted by Crippen LogP contribution is -2.25. The van der Waals surface area contributed by atoms with E-state index in [1.165, 1.54) is 15.8 Å². The number of nitrogens with one attached hydrogen (secondary N) is 1. The molecule has 0 atom stereocenters. The predicted molar refractivity (Wildman–Crippen MR) is 98.3 cm³/mol. The molecule has 24 heavy (non-hydrogen) atoms. The number of thiophene rings is 1. The lowest BCUT2D eigenvalue weighted by Gasteiger charge is -2.23. The Bertz CT molecular complexity index is 858. The van der Waals surface area contributed by atoms with Gasteiger partial charge >= 0.3 is 0 Å². The number of hydrogen-bond acceptors (Lipinski definition) is 6.